The summed E-state index contributed by atoms with van der Waals surface area (Å²) in [4.78, 5) is 8.50. The normalized spacial score (nSPS) is 10.5. The van der Waals surface area contributed by atoms with Gasteiger partial charge in [0.2, 0.25) is 0 Å². The summed E-state index contributed by atoms with van der Waals surface area (Å²) in [6, 6.07) is 10.5. The van der Waals surface area contributed by atoms with Gasteiger partial charge in [0, 0.05) is 12.1 Å². The molecule has 1 aromatic heterocycles. The largest absolute Gasteiger partial charge is 0.370 e. The topological polar surface area (TPSA) is 37.8 Å². The average Bonchev–Trinajstić information content (AvgIpc) is 2.41. The van der Waals surface area contributed by atoms with Crippen molar-refractivity contribution in [2.75, 3.05) is 11.9 Å². The molecule has 2 aromatic rings. The van der Waals surface area contributed by atoms with Crippen molar-refractivity contribution in [1.82, 2.24) is 9.97 Å². The van der Waals surface area contributed by atoms with Crippen LogP contribution in [0, 0.1) is 13.8 Å². The molecule has 4 heteroatoms. The quantitative estimate of drug-likeness (QED) is 0.666. The monoisotopic (exact) mass is 275 g/mol. The Balaban J connectivity index is 1.86. The molecule has 19 heavy (non-hydrogen) atoms. The Hall–Kier alpha value is -1.61. The summed E-state index contributed by atoms with van der Waals surface area (Å²) < 4.78 is 0. The van der Waals surface area contributed by atoms with E-state index in [0.717, 1.165) is 30.8 Å². The molecule has 0 aliphatic carbocycles. The Morgan fingerprint density at radius 1 is 1.11 bits per heavy atom. The van der Waals surface area contributed by atoms with E-state index >= 15 is 0 Å². The van der Waals surface area contributed by atoms with Crippen molar-refractivity contribution in [3.05, 3.63) is 52.4 Å². The maximum absolute atomic E-state index is 6.04. The molecule has 1 heterocycles. The minimum absolute atomic E-state index is 0.526. The number of aryl methyl sites for hydroxylation is 2. The van der Waals surface area contributed by atoms with Crippen LogP contribution in [0.3, 0.4) is 0 Å². The predicted octanol–water partition coefficient (Wildman–Crippen LogP) is 3.79. The van der Waals surface area contributed by atoms with Crippen LogP contribution in [0.15, 0.2) is 30.3 Å². The lowest BCUT2D eigenvalue weighted by Crippen LogP contribution is -2.08. The summed E-state index contributed by atoms with van der Waals surface area (Å²) in [5.74, 6) is 1.53. The molecule has 0 fully saturated rings. The van der Waals surface area contributed by atoms with Gasteiger partial charge in [0.15, 0.2) is 0 Å². The highest BCUT2D eigenvalue weighted by Crippen LogP contribution is 2.19. The van der Waals surface area contributed by atoms with Crippen LogP contribution in [0.4, 0.5) is 5.82 Å². The molecule has 0 amide bonds. The second kappa shape index (κ2) is 6.53. The lowest BCUT2D eigenvalue weighted by atomic mass is 10.1. The van der Waals surface area contributed by atoms with Gasteiger partial charge in [-0.05, 0) is 32.3 Å². The van der Waals surface area contributed by atoms with Gasteiger partial charge >= 0.3 is 0 Å². The third-order valence-electron chi connectivity index (χ3n) is 2.98. The molecule has 0 bridgehead atoms. The van der Waals surface area contributed by atoms with Gasteiger partial charge in [-0.15, -0.1) is 0 Å². The smallest absolute Gasteiger partial charge is 0.137 e. The van der Waals surface area contributed by atoms with Crippen molar-refractivity contribution in [3.8, 4) is 0 Å². The molecule has 3 nitrogen and oxygen atoms in total. The van der Waals surface area contributed by atoms with Crippen LogP contribution in [0.5, 0.6) is 0 Å². The molecule has 0 unspecified atom stereocenters. The van der Waals surface area contributed by atoms with E-state index < -0.39 is 0 Å². The van der Waals surface area contributed by atoms with Crippen LogP contribution in [-0.2, 0) is 6.42 Å². The Morgan fingerprint density at radius 3 is 2.58 bits per heavy atom. The molecule has 0 saturated heterocycles. The van der Waals surface area contributed by atoms with Crippen molar-refractivity contribution in [3.63, 3.8) is 0 Å². The van der Waals surface area contributed by atoms with E-state index in [2.05, 4.69) is 39.6 Å². The zero-order valence-electron chi connectivity index (χ0n) is 11.3. The molecule has 0 aliphatic heterocycles. The van der Waals surface area contributed by atoms with E-state index in [0.29, 0.717) is 11.0 Å². The van der Waals surface area contributed by atoms with Gasteiger partial charge in [0.25, 0.3) is 0 Å². The first-order valence-corrected chi connectivity index (χ1v) is 6.83. The number of hydrogen-bond donors (Lipinski definition) is 1. The molecular weight excluding hydrogens is 258 g/mol. The molecule has 0 atom stereocenters. The van der Waals surface area contributed by atoms with Gasteiger partial charge in [-0.3, -0.25) is 0 Å². The van der Waals surface area contributed by atoms with Crippen molar-refractivity contribution < 1.29 is 0 Å². The Labute approximate surface area is 119 Å². The van der Waals surface area contributed by atoms with Crippen LogP contribution < -0.4 is 5.32 Å². The number of benzene rings is 1. The third kappa shape index (κ3) is 3.93. The average molecular weight is 276 g/mol. The first-order chi connectivity index (χ1) is 9.16. The van der Waals surface area contributed by atoms with Gasteiger partial charge in [-0.25, -0.2) is 9.97 Å². The summed E-state index contributed by atoms with van der Waals surface area (Å²) in [7, 11) is 0. The van der Waals surface area contributed by atoms with E-state index in [4.69, 9.17) is 11.6 Å². The summed E-state index contributed by atoms with van der Waals surface area (Å²) in [5.41, 5.74) is 2.27. The molecule has 2 rings (SSSR count). The number of halogens is 1. The molecule has 0 saturated carbocycles. The number of hydrogen-bond acceptors (Lipinski definition) is 3. The van der Waals surface area contributed by atoms with Crippen LogP contribution in [-0.4, -0.2) is 16.5 Å². The van der Waals surface area contributed by atoms with E-state index in [9.17, 15) is 0 Å². The van der Waals surface area contributed by atoms with E-state index in [-0.39, 0.29) is 0 Å². The van der Waals surface area contributed by atoms with Gasteiger partial charge in [0.1, 0.15) is 16.8 Å². The first kappa shape index (κ1) is 13.8. The molecule has 0 aliphatic rings. The summed E-state index contributed by atoms with van der Waals surface area (Å²) in [6.45, 7) is 4.66. The van der Waals surface area contributed by atoms with E-state index in [1.807, 2.05) is 19.9 Å². The minimum Gasteiger partial charge on any atom is -0.370 e. The predicted molar refractivity (Wildman–Crippen MR) is 79.8 cm³/mol. The lowest BCUT2D eigenvalue weighted by Gasteiger charge is -2.10. The Kier molecular flexibility index (Phi) is 4.74. The second-order valence-corrected chi connectivity index (χ2v) is 4.91. The molecule has 1 N–H and O–H groups in total. The van der Waals surface area contributed by atoms with Crippen LogP contribution >= 0.6 is 11.6 Å². The molecule has 0 radical (unpaired) electrons. The van der Waals surface area contributed by atoms with Gasteiger partial charge in [0.05, 0.1) is 0 Å². The number of nitrogens with zero attached hydrogens (tertiary/aromatic N) is 2. The van der Waals surface area contributed by atoms with Crippen molar-refractivity contribution in [2.45, 2.75) is 26.7 Å². The molecule has 1 aromatic carbocycles. The van der Waals surface area contributed by atoms with Crippen molar-refractivity contribution in [2.24, 2.45) is 0 Å². The maximum Gasteiger partial charge on any atom is 0.137 e. The zero-order chi connectivity index (χ0) is 13.7. The van der Waals surface area contributed by atoms with Crippen LogP contribution in [0.1, 0.15) is 23.4 Å². The molecule has 0 spiro atoms. The summed E-state index contributed by atoms with van der Waals surface area (Å²) in [5, 5.41) is 3.86. The summed E-state index contributed by atoms with van der Waals surface area (Å²) >= 11 is 6.04. The summed E-state index contributed by atoms with van der Waals surface area (Å²) in [6.07, 6.45) is 2.12. The van der Waals surface area contributed by atoms with Crippen LogP contribution in [0.2, 0.25) is 5.15 Å². The minimum atomic E-state index is 0.526. The third-order valence-corrected chi connectivity index (χ3v) is 3.34. The van der Waals surface area contributed by atoms with E-state index in [1.54, 1.807) is 0 Å². The van der Waals surface area contributed by atoms with Crippen molar-refractivity contribution in [1.29, 1.82) is 0 Å². The fraction of sp³-hybridized carbons (Fsp3) is 0.333. The van der Waals surface area contributed by atoms with Crippen LogP contribution in [0.25, 0.3) is 0 Å². The SMILES string of the molecule is Cc1nc(Cl)c(C)c(NCCCc2ccccc2)n1. The second-order valence-electron chi connectivity index (χ2n) is 4.55. The van der Waals surface area contributed by atoms with Crippen molar-refractivity contribution >= 4 is 17.4 Å². The van der Waals surface area contributed by atoms with Gasteiger partial charge in [-0.2, -0.15) is 0 Å². The fourth-order valence-corrected chi connectivity index (χ4v) is 2.12. The highest BCUT2D eigenvalue weighted by atomic mass is 35.5. The molecular formula is C15H18ClN3. The zero-order valence-corrected chi connectivity index (χ0v) is 12.0. The number of aromatic nitrogens is 2. The standard InChI is InChI=1S/C15H18ClN3/c1-11-14(16)18-12(2)19-15(11)17-10-6-9-13-7-4-3-5-8-13/h3-5,7-8H,6,9-10H2,1-2H3,(H,17,18,19). The maximum atomic E-state index is 6.04. The lowest BCUT2D eigenvalue weighted by molar-refractivity contribution is 0.854. The highest BCUT2D eigenvalue weighted by molar-refractivity contribution is 6.30. The number of anilines is 1. The number of rotatable bonds is 5. The highest BCUT2D eigenvalue weighted by Gasteiger charge is 2.06. The Bertz CT molecular complexity index is 541. The fourth-order valence-electron chi connectivity index (χ4n) is 1.91. The Morgan fingerprint density at radius 2 is 1.84 bits per heavy atom. The van der Waals surface area contributed by atoms with E-state index in [1.165, 1.54) is 5.56 Å². The van der Waals surface area contributed by atoms with Gasteiger partial charge < -0.3 is 5.32 Å². The van der Waals surface area contributed by atoms with Gasteiger partial charge in [-0.1, -0.05) is 41.9 Å². The molecule has 100 valence electrons. The number of nitrogens with one attached hydrogen (secondary N) is 1. The first-order valence-electron chi connectivity index (χ1n) is 6.45.